The van der Waals surface area contributed by atoms with Gasteiger partial charge in [0, 0.05) is 31.0 Å². The lowest BCUT2D eigenvalue weighted by molar-refractivity contribution is 0.0946. The molecular formula is C18H19N5O. The second-order valence-corrected chi connectivity index (χ2v) is 5.43. The predicted molar refractivity (Wildman–Crippen MR) is 92.2 cm³/mol. The van der Waals surface area contributed by atoms with Gasteiger partial charge in [-0.2, -0.15) is 5.10 Å². The lowest BCUT2D eigenvalue weighted by Crippen LogP contribution is -2.23. The number of nitrogens with one attached hydrogen (secondary N) is 3. The van der Waals surface area contributed by atoms with Gasteiger partial charge in [0.2, 0.25) is 0 Å². The maximum atomic E-state index is 12.2. The summed E-state index contributed by atoms with van der Waals surface area (Å²) >= 11 is 0. The predicted octanol–water partition coefficient (Wildman–Crippen LogP) is 2.12. The molecule has 0 saturated carbocycles. The Balaban J connectivity index is 1.60. The first-order valence-corrected chi connectivity index (χ1v) is 7.72. The molecule has 6 heteroatoms. The Morgan fingerprint density at radius 3 is 2.38 bits per heavy atom. The third-order valence-corrected chi connectivity index (χ3v) is 3.66. The molecule has 3 rings (SSSR count). The fourth-order valence-corrected chi connectivity index (χ4v) is 2.37. The molecule has 1 amide bonds. The lowest BCUT2D eigenvalue weighted by atomic mass is 10.1. The van der Waals surface area contributed by atoms with Crippen molar-refractivity contribution >= 4 is 5.91 Å². The fraction of sp³-hybridized carbons (Fsp3) is 0.167. The van der Waals surface area contributed by atoms with Gasteiger partial charge in [-0.1, -0.05) is 24.3 Å². The van der Waals surface area contributed by atoms with Gasteiger partial charge in [-0.25, -0.2) is 0 Å². The van der Waals surface area contributed by atoms with Crippen molar-refractivity contribution in [1.29, 1.82) is 0 Å². The largest absolute Gasteiger partial charge is 0.347 e. The number of nitrogens with zero attached hydrogens (tertiary/aromatic N) is 2. The Bertz CT molecular complexity index is 796. The van der Waals surface area contributed by atoms with E-state index in [0.29, 0.717) is 12.2 Å². The minimum atomic E-state index is -0.179. The van der Waals surface area contributed by atoms with Crippen LogP contribution in [-0.4, -0.2) is 28.1 Å². The molecule has 2 heterocycles. The van der Waals surface area contributed by atoms with E-state index >= 15 is 0 Å². The Morgan fingerprint density at radius 1 is 1.04 bits per heavy atom. The number of amides is 1. The highest BCUT2D eigenvalue weighted by molar-refractivity contribution is 5.93. The minimum absolute atomic E-state index is 0.179. The maximum absolute atomic E-state index is 12.2. The summed E-state index contributed by atoms with van der Waals surface area (Å²) in [5, 5.41) is 12.9. The van der Waals surface area contributed by atoms with Gasteiger partial charge in [0.05, 0.1) is 5.69 Å². The molecule has 0 aliphatic carbocycles. The van der Waals surface area contributed by atoms with Crippen LogP contribution in [0.2, 0.25) is 0 Å². The normalized spacial score (nSPS) is 10.5. The summed E-state index contributed by atoms with van der Waals surface area (Å²) in [4.78, 5) is 16.2. The number of hydrogen-bond donors (Lipinski definition) is 3. The molecular weight excluding hydrogens is 302 g/mol. The smallest absolute Gasteiger partial charge is 0.269 e. The zero-order valence-corrected chi connectivity index (χ0v) is 13.4. The van der Waals surface area contributed by atoms with Crippen LogP contribution in [0.25, 0.3) is 11.3 Å². The van der Waals surface area contributed by atoms with Crippen molar-refractivity contribution < 1.29 is 4.79 Å². The highest BCUT2D eigenvalue weighted by atomic mass is 16.1. The van der Waals surface area contributed by atoms with Gasteiger partial charge in [-0.15, -0.1) is 0 Å². The molecule has 24 heavy (non-hydrogen) atoms. The summed E-state index contributed by atoms with van der Waals surface area (Å²) in [6.45, 7) is 1.31. The summed E-state index contributed by atoms with van der Waals surface area (Å²) in [6.07, 6.45) is 3.39. The topological polar surface area (TPSA) is 82.7 Å². The fourth-order valence-electron chi connectivity index (χ4n) is 2.37. The number of H-pyrrole nitrogens is 1. The van der Waals surface area contributed by atoms with E-state index in [0.717, 1.165) is 23.4 Å². The van der Waals surface area contributed by atoms with Crippen LogP contribution in [0.15, 0.2) is 54.9 Å². The molecule has 0 fully saturated rings. The molecule has 122 valence electrons. The van der Waals surface area contributed by atoms with Crippen LogP contribution in [0, 0.1) is 0 Å². The van der Waals surface area contributed by atoms with E-state index in [4.69, 9.17) is 0 Å². The van der Waals surface area contributed by atoms with Gasteiger partial charge in [-0.3, -0.25) is 14.9 Å². The highest BCUT2D eigenvalue weighted by Crippen LogP contribution is 2.16. The SMILES string of the molecule is CNCc1ccc(CNC(=O)c2cc(-c3ccncc3)n[nH]2)cc1. The van der Waals surface area contributed by atoms with Crippen molar-refractivity contribution in [2.75, 3.05) is 7.05 Å². The molecule has 0 bridgehead atoms. The number of aromatic nitrogens is 3. The highest BCUT2D eigenvalue weighted by Gasteiger charge is 2.10. The summed E-state index contributed by atoms with van der Waals surface area (Å²) < 4.78 is 0. The zero-order chi connectivity index (χ0) is 16.8. The molecule has 1 aromatic carbocycles. The number of carbonyl (C=O) groups excluding carboxylic acids is 1. The first-order chi connectivity index (χ1) is 11.8. The molecule has 0 radical (unpaired) electrons. The summed E-state index contributed by atoms with van der Waals surface area (Å²) in [5.74, 6) is -0.179. The van der Waals surface area contributed by atoms with E-state index in [1.807, 2.05) is 31.3 Å². The van der Waals surface area contributed by atoms with Gasteiger partial charge < -0.3 is 10.6 Å². The van der Waals surface area contributed by atoms with E-state index in [-0.39, 0.29) is 5.91 Å². The number of benzene rings is 1. The second-order valence-electron chi connectivity index (χ2n) is 5.43. The first-order valence-electron chi connectivity index (χ1n) is 7.72. The Kier molecular flexibility index (Phi) is 4.98. The van der Waals surface area contributed by atoms with E-state index in [9.17, 15) is 4.79 Å². The Morgan fingerprint density at radius 2 is 1.71 bits per heavy atom. The Labute approximate surface area is 140 Å². The van der Waals surface area contributed by atoms with E-state index < -0.39 is 0 Å². The van der Waals surface area contributed by atoms with Gasteiger partial charge in [-0.05, 0) is 36.4 Å². The molecule has 0 spiro atoms. The average molecular weight is 321 g/mol. The molecule has 6 nitrogen and oxygen atoms in total. The standard InChI is InChI=1S/C18H19N5O/c1-19-11-13-2-4-14(5-3-13)12-21-18(24)17-10-16(22-23-17)15-6-8-20-9-7-15/h2-10,19H,11-12H2,1H3,(H,21,24)(H,22,23). The van der Waals surface area contributed by atoms with Crippen molar-refractivity contribution in [2.45, 2.75) is 13.1 Å². The first kappa shape index (κ1) is 15.9. The summed E-state index contributed by atoms with van der Waals surface area (Å²) in [7, 11) is 1.92. The van der Waals surface area contributed by atoms with Crippen LogP contribution in [0.1, 0.15) is 21.6 Å². The third kappa shape index (κ3) is 3.85. The zero-order valence-electron chi connectivity index (χ0n) is 13.4. The molecule has 0 aliphatic rings. The molecule has 0 atom stereocenters. The number of pyridine rings is 1. The van der Waals surface area contributed by atoms with Crippen LogP contribution in [-0.2, 0) is 13.1 Å². The van der Waals surface area contributed by atoms with Gasteiger partial charge in [0.25, 0.3) is 5.91 Å². The van der Waals surface area contributed by atoms with E-state index in [1.54, 1.807) is 18.5 Å². The molecule has 3 aromatic rings. The third-order valence-electron chi connectivity index (χ3n) is 3.66. The quantitative estimate of drug-likeness (QED) is 0.649. The minimum Gasteiger partial charge on any atom is -0.347 e. The van der Waals surface area contributed by atoms with E-state index in [2.05, 4.69) is 37.9 Å². The van der Waals surface area contributed by atoms with Crippen molar-refractivity contribution in [3.8, 4) is 11.3 Å². The number of carbonyl (C=O) groups is 1. The Hall–Kier alpha value is -2.99. The van der Waals surface area contributed by atoms with Gasteiger partial charge >= 0.3 is 0 Å². The van der Waals surface area contributed by atoms with Crippen molar-refractivity contribution in [1.82, 2.24) is 25.8 Å². The molecule has 2 aromatic heterocycles. The van der Waals surface area contributed by atoms with Crippen LogP contribution in [0.3, 0.4) is 0 Å². The van der Waals surface area contributed by atoms with Crippen LogP contribution >= 0.6 is 0 Å². The van der Waals surface area contributed by atoms with Gasteiger partial charge in [0.15, 0.2) is 0 Å². The van der Waals surface area contributed by atoms with Crippen LogP contribution < -0.4 is 10.6 Å². The monoisotopic (exact) mass is 321 g/mol. The van der Waals surface area contributed by atoms with Crippen molar-refractivity contribution in [3.63, 3.8) is 0 Å². The van der Waals surface area contributed by atoms with Crippen molar-refractivity contribution in [3.05, 3.63) is 71.7 Å². The molecule has 0 saturated heterocycles. The summed E-state index contributed by atoms with van der Waals surface area (Å²) in [6, 6.07) is 13.6. The lowest BCUT2D eigenvalue weighted by Gasteiger charge is -2.05. The number of aromatic amines is 1. The average Bonchev–Trinajstić information content (AvgIpc) is 3.12. The van der Waals surface area contributed by atoms with Gasteiger partial charge in [0.1, 0.15) is 5.69 Å². The maximum Gasteiger partial charge on any atom is 0.269 e. The molecule has 0 aliphatic heterocycles. The number of hydrogen-bond acceptors (Lipinski definition) is 4. The second kappa shape index (κ2) is 7.52. The molecule has 0 unspecified atom stereocenters. The van der Waals surface area contributed by atoms with Crippen molar-refractivity contribution in [2.24, 2.45) is 0 Å². The van der Waals surface area contributed by atoms with E-state index in [1.165, 1.54) is 5.56 Å². The van der Waals surface area contributed by atoms with Crippen LogP contribution in [0.4, 0.5) is 0 Å². The van der Waals surface area contributed by atoms with Crippen LogP contribution in [0.5, 0.6) is 0 Å². The number of rotatable bonds is 6. The summed E-state index contributed by atoms with van der Waals surface area (Å²) in [5.41, 5.74) is 4.34. The molecule has 3 N–H and O–H groups in total.